The molecule has 0 bridgehead atoms. The van der Waals surface area contributed by atoms with Crippen molar-refractivity contribution >= 4 is 17.2 Å². The predicted molar refractivity (Wildman–Crippen MR) is 50.4 cm³/mol. The van der Waals surface area contributed by atoms with Crippen molar-refractivity contribution in [1.82, 2.24) is 4.90 Å². The molecule has 0 aliphatic heterocycles. The molecule has 1 aromatic rings. The summed E-state index contributed by atoms with van der Waals surface area (Å²) in [5.74, 6) is 0.433. The van der Waals surface area contributed by atoms with Crippen LogP contribution >= 0.6 is 12.2 Å². The molecule has 0 aliphatic rings. The Morgan fingerprint density at radius 2 is 2.17 bits per heavy atom. The lowest BCUT2D eigenvalue weighted by atomic mass is 10.4. The molecule has 0 radical (unpaired) electrons. The van der Waals surface area contributed by atoms with Gasteiger partial charge in [0.25, 0.3) is 0 Å². The van der Waals surface area contributed by atoms with E-state index in [4.69, 9.17) is 16.6 Å². The molecule has 1 aromatic heterocycles. The lowest BCUT2D eigenvalue weighted by molar-refractivity contribution is 0.487. The Kier molecular flexibility index (Phi) is 2.60. The molecule has 12 heavy (non-hydrogen) atoms. The van der Waals surface area contributed by atoms with Crippen LogP contribution in [0.2, 0.25) is 0 Å². The highest BCUT2D eigenvalue weighted by molar-refractivity contribution is 7.80. The summed E-state index contributed by atoms with van der Waals surface area (Å²) >= 11 is 5.00. The van der Waals surface area contributed by atoms with Crippen LogP contribution in [0.25, 0.3) is 0 Å². The van der Waals surface area contributed by atoms with Gasteiger partial charge < -0.3 is 9.32 Å². The largest absolute Gasteiger partial charge is 0.420 e. The third kappa shape index (κ3) is 1.92. The molecule has 64 valence electrons. The number of thiocarbonyl (C=S) groups is 1. The fourth-order valence-corrected chi connectivity index (χ4v) is 0.836. The van der Waals surface area contributed by atoms with Crippen molar-refractivity contribution < 1.29 is 4.42 Å². The summed E-state index contributed by atoms with van der Waals surface area (Å²) in [5, 5.41) is 0. The van der Waals surface area contributed by atoms with E-state index < -0.39 is 0 Å². The number of hydrogen-bond donors (Lipinski definition) is 0. The van der Waals surface area contributed by atoms with E-state index >= 15 is 0 Å². The van der Waals surface area contributed by atoms with E-state index in [1.807, 2.05) is 0 Å². The Labute approximate surface area is 75.6 Å². The van der Waals surface area contributed by atoms with E-state index in [-0.39, 0.29) is 5.63 Å². The van der Waals surface area contributed by atoms with Crippen LogP contribution in [-0.4, -0.2) is 24.0 Å². The average Bonchev–Trinajstić information content (AvgIpc) is 2.03. The van der Waals surface area contributed by atoms with Gasteiger partial charge in [0.05, 0.1) is 0 Å². The van der Waals surface area contributed by atoms with Crippen LogP contribution in [-0.2, 0) is 0 Å². The summed E-state index contributed by atoms with van der Waals surface area (Å²) in [5.41, 5.74) is -0.378. The summed E-state index contributed by atoms with van der Waals surface area (Å²) in [6.45, 7) is 0. The predicted octanol–water partition coefficient (Wildman–Crippen LogP) is 0.877. The topological polar surface area (TPSA) is 33.5 Å². The molecule has 0 amide bonds. The summed E-state index contributed by atoms with van der Waals surface area (Å²) in [6.07, 6.45) is 0. The van der Waals surface area contributed by atoms with Gasteiger partial charge >= 0.3 is 5.63 Å². The summed E-state index contributed by atoms with van der Waals surface area (Å²) in [7, 11) is 3.60. The molecule has 0 saturated heterocycles. The van der Waals surface area contributed by atoms with Crippen molar-refractivity contribution in [2.75, 3.05) is 14.1 Å². The smallest absolute Gasteiger partial charge is 0.336 e. The molecule has 0 aliphatic carbocycles. The van der Waals surface area contributed by atoms with Crippen molar-refractivity contribution in [2.24, 2.45) is 0 Å². The Balaban J connectivity index is 3.04. The molecule has 0 fully saturated rings. The quantitative estimate of drug-likeness (QED) is 0.605. The normalized spacial score (nSPS) is 9.50. The summed E-state index contributed by atoms with van der Waals surface area (Å²) < 4.78 is 4.86. The maximum atomic E-state index is 10.8. The zero-order chi connectivity index (χ0) is 9.14. The standard InChI is InChI=1S/C8H9NO2S/c1-9(2)8(12)6-4-3-5-7(10)11-6/h3-5H,1-2H3. The molecule has 0 spiro atoms. The van der Waals surface area contributed by atoms with Crippen LogP contribution in [0.3, 0.4) is 0 Å². The highest BCUT2D eigenvalue weighted by Crippen LogP contribution is 1.99. The lowest BCUT2D eigenvalue weighted by Gasteiger charge is -2.11. The first kappa shape index (κ1) is 8.93. The molecular weight excluding hydrogens is 174 g/mol. The molecular formula is C8H9NO2S. The second-order valence-corrected chi connectivity index (χ2v) is 2.90. The van der Waals surface area contributed by atoms with Gasteiger partial charge in [-0.25, -0.2) is 4.79 Å². The van der Waals surface area contributed by atoms with Crippen LogP contribution in [0.15, 0.2) is 27.4 Å². The minimum atomic E-state index is -0.378. The number of rotatable bonds is 1. The Hall–Kier alpha value is -1.16. The second kappa shape index (κ2) is 3.49. The van der Waals surface area contributed by atoms with Gasteiger partial charge in [0, 0.05) is 20.2 Å². The van der Waals surface area contributed by atoms with Gasteiger partial charge in [-0.3, -0.25) is 0 Å². The van der Waals surface area contributed by atoms with Gasteiger partial charge in [-0.2, -0.15) is 0 Å². The number of hydrogen-bond acceptors (Lipinski definition) is 3. The lowest BCUT2D eigenvalue weighted by Crippen LogP contribution is -2.21. The monoisotopic (exact) mass is 183 g/mol. The third-order valence-electron chi connectivity index (χ3n) is 1.31. The van der Waals surface area contributed by atoms with Crippen molar-refractivity contribution in [3.63, 3.8) is 0 Å². The Bertz CT molecular complexity index is 343. The average molecular weight is 183 g/mol. The molecule has 1 rings (SSSR count). The van der Waals surface area contributed by atoms with Gasteiger partial charge in [-0.15, -0.1) is 0 Å². The van der Waals surface area contributed by atoms with Crippen molar-refractivity contribution in [2.45, 2.75) is 0 Å². The highest BCUT2D eigenvalue weighted by atomic mass is 32.1. The van der Waals surface area contributed by atoms with Crippen LogP contribution in [0.4, 0.5) is 0 Å². The molecule has 0 saturated carbocycles. The molecule has 4 heteroatoms. The minimum Gasteiger partial charge on any atom is -0.420 e. The first-order valence-corrected chi connectivity index (χ1v) is 3.84. The zero-order valence-electron chi connectivity index (χ0n) is 6.90. The Morgan fingerprint density at radius 1 is 1.50 bits per heavy atom. The maximum absolute atomic E-state index is 10.8. The molecule has 0 atom stereocenters. The zero-order valence-corrected chi connectivity index (χ0v) is 7.72. The van der Waals surface area contributed by atoms with Gasteiger partial charge in [-0.1, -0.05) is 18.3 Å². The molecule has 1 heterocycles. The van der Waals surface area contributed by atoms with Crippen molar-refractivity contribution in [3.05, 3.63) is 34.4 Å². The van der Waals surface area contributed by atoms with E-state index in [0.717, 1.165) is 0 Å². The van der Waals surface area contributed by atoms with Crippen LogP contribution in [0, 0.1) is 0 Å². The van der Waals surface area contributed by atoms with Gasteiger partial charge in [0.2, 0.25) is 0 Å². The van der Waals surface area contributed by atoms with Gasteiger partial charge in [0.1, 0.15) is 4.99 Å². The first-order valence-electron chi connectivity index (χ1n) is 3.43. The van der Waals surface area contributed by atoms with Crippen LogP contribution in [0.1, 0.15) is 5.76 Å². The van der Waals surface area contributed by atoms with E-state index in [0.29, 0.717) is 10.7 Å². The maximum Gasteiger partial charge on any atom is 0.336 e. The fraction of sp³-hybridized carbons (Fsp3) is 0.250. The molecule has 0 aromatic carbocycles. The molecule has 0 unspecified atom stereocenters. The highest BCUT2D eigenvalue weighted by Gasteiger charge is 2.04. The summed E-state index contributed by atoms with van der Waals surface area (Å²) in [4.78, 5) is 13.0. The van der Waals surface area contributed by atoms with E-state index in [1.165, 1.54) is 6.07 Å². The Morgan fingerprint density at radius 3 is 2.67 bits per heavy atom. The van der Waals surface area contributed by atoms with E-state index in [2.05, 4.69) is 0 Å². The van der Waals surface area contributed by atoms with Crippen molar-refractivity contribution in [1.29, 1.82) is 0 Å². The fourth-order valence-electron chi connectivity index (χ4n) is 0.726. The van der Waals surface area contributed by atoms with Gasteiger partial charge in [0.15, 0.2) is 5.76 Å². The molecule has 0 N–H and O–H groups in total. The minimum absolute atomic E-state index is 0.378. The third-order valence-corrected chi connectivity index (χ3v) is 1.87. The number of nitrogens with zero attached hydrogens (tertiary/aromatic N) is 1. The second-order valence-electron chi connectivity index (χ2n) is 2.51. The first-order chi connectivity index (χ1) is 5.61. The summed E-state index contributed by atoms with van der Waals surface area (Å²) in [6, 6.07) is 4.64. The van der Waals surface area contributed by atoms with E-state index in [9.17, 15) is 4.79 Å². The van der Waals surface area contributed by atoms with E-state index in [1.54, 1.807) is 31.1 Å². The molecule has 3 nitrogen and oxygen atoms in total. The van der Waals surface area contributed by atoms with Crippen LogP contribution in [0.5, 0.6) is 0 Å². The SMILES string of the molecule is CN(C)C(=S)c1cccc(=O)o1. The van der Waals surface area contributed by atoms with Crippen LogP contribution < -0.4 is 5.63 Å². The van der Waals surface area contributed by atoms with Gasteiger partial charge in [-0.05, 0) is 6.07 Å². The van der Waals surface area contributed by atoms with Crippen molar-refractivity contribution in [3.8, 4) is 0 Å².